The molecule has 0 heterocycles. The molecular formula is C18H20O2. The lowest BCUT2D eigenvalue weighted by atomic mass is 9.91. The number of carbonyl (C=O) groups excluding carboxylic acids is 1. The van der Waals surface area contributed by atoms with Gasteiger partial charge in [-0.15, -0.1) is 0 Å². The zero-order valence-corrected chi connectivity index (χ0v) is 12.2. The first kappa shape index (κ1) is 14.3. The highest BCUT2D eigenvalue weighted by molar-refractivity contribution is 5.78. The first-order valence-corrected chi connectivity index (χ1v) is 6.91. The summed E-state index contributed by atoms with van der Waals surface area (Å²) in [4.78, 5) is 12.0. The summed E-state index contributed by atoms with van der Waals surface area (Å²) < 4.78 is 5.42. The smallest absolute Gasteiger partial charge is 0.316 e. The van der Waals surface area contributed by atoms with E-state index >= 15 is 0 Å². The molecule has 0 aliphatic rings. The second kappa shape index (κ2) is 5.91. The van der Waals surface area contributed by atoms with E-state index in [9.17, 15) is 4.79 Å². The van der Waals surface area contributed by atoms with Crippen molar-refractivity contribution in [2.45, 2.75) is 27.2 Å². The second-order valence-electron chi connectivity index (χ2n) is 5.52. The molecule has 104 valence electrons. The monoisotopic (exact) mass is 268 g/mol. The summed E-state index contributed by atoms with van der Waals surface area (Å²) >= 11 is 0. The molecule has 0 spiro atoms. The zero-order valence-electron chi connectivity index (χ0n) is 12.2. The van der Waals surface area contributed by atoms with Gasteiger partial charge in [0.1, 0.15) is 5.75 Å². The third kappa shape index (κ3) is 3.27. The van der Waals surface area contributed by atoms with Crippen molar-refractivity contribution in [2.75, 3.05) is 0 Å². The molecule has 0 radical (unpaired) electrons. The number of hydrogen-bond donors (Lipinski definition) is 0. The van der Waals surface area contributed by atoms with Crippen molar-refractivity contribution < 1.29 is 9.53 Å². The van der Waals surface area contributed by atoms with Crippen LogP contribution in [0.5, 0.6) is 5.75 Å². The van der Waals surface area contributed by atoms with Crippen LogP contribution in [-0.2, 0) is 4.79 Å². The lowest BCUT2D eigenvalue weighted by Crippen LogP contribution is -2.28. The molecule has 20 heavy (non-hydrogen) atoms. The van der Waals surface area contributed by atoms with Crippen molar-refractivity contribution in [3.63, 3.8) is 0 Å². The van der Waals surface area contributed by atoms with Crippen LogP contribution in [0.2, 0.25) is 0 Å². The van der Waals surface area contributed by atoms with Gasteiger partial charge in [0.25, 0.3) is 0 Å². The molecule has 0 aliphatic heterocycles. The molecule has 0 saturated carbocycles. The Balaban J connectivity index is 2.12. The van der Waals surface area contributed by atoms with Crippen LogP contribution in [0.3, 0.4) is 0 Å². The van der Waals surface area contributed by atoms with E-state index in [1.165, 1.54) is 0 Å². The fraction of sp³-hybridized carbons (Fsp3) is 0.278. The lowest BCUT2D eigenvalue weighted by Gasteiger charge is -2.20. The molecule has 2 aromatic carbocycles. The summed E-state index contributed by atoms with van der Waals surface area (Å²) in [6.45, 7) is 5.78. The van der Waals surface area contributed by atoms with E-state index in [4.69, 9.17) is 4.74 Å². The average Bonchev–Trinajstić information content (AvgIpc) is 2.49. The molecule has 0 amide bonds. The highest BCUT2D eigenvalue weighted by Gasteiger charge is 2.27. The Morgan fingerprint density at radius 2 is 1.50 bits per heavy atom. The van der Waals surface area contributed by atoms with Crippen LogP contribution in [0.1, 0.15) is 27.2 Å². The van der Waals surface area contributed by atoms with E-state index < -0.39 is 5.41 Å². The number of rotatable bonds is 4. The van der Waals surface area contributed by atoms with Gasteiger partial charge in [0.05, 0.1) is 5.41 Å². The molecule has 2 rings (SSSR count). The molecule has 0 unspecified atom stereocenters. The van der Waals surface area contributed by atoms with Crippen molar-refractivity contribution in [3.05, 3.63) is 54.6 Å². The third-order valence-electron chi connectivity index (χ3n) is 3.61. The van der Waals surface area contributed by atoms with Gasteiger partial charge in [0, 0.05) is 0 Å². The van der Waals surface area contributed by atoms with Crippen molar-refractivity contribution >= 4 is 5.97 Å². The van der Waals surface area contributed by atoms with Crippen molar-refractivity contribution in [1.82, 2.24) is 0 Å². The standard InChI is InChI=1S/C18H20O2/c1-4-18(2,3)17(19)20-16-12-10-15(11-13-16)14-8-6-5-7-9-14/h5-13H,4H2,1-3H3. The number of esters is 1. The zero-order chi connectivity index (χ0) is 14.6. The second-order valence-corrected chi connectivity index (χ2v) is 5.52. The molecule has 0 N–H and O–H groups in total. The molecule has 0 aromatic heterocycles. The molecule has 2 aromatic rings. The fourth-order valence-electron chi connectivity index (χ4n) is 1.74. The molecule has 0 aliphatic carbocycles. The van der Waals surface area contributed by atoms with E-state index in [1.807, 2.05) is 63.2 Å². The quantitative estimate of drug-likeness (QED) is 0.593. The first-order valence-electron chi connectivity index (χ1n) is 6.91. The Morgan fingerprint density at radius 3 is 2.05 bits per heavy atom. The average molecular weight is 268 g/mol. The van der Waals surface area contributed by atoms with E-state index in [2.05, 4.69) is 12.1 Å². The number of carbonyl (C=O) groups is 1. The largest absolute Gasteiger partial charge is 0.426 e. The van der Waals surface area contributed by atoms with Gasteiger partial charge in [-0.05, 0) is 43.5 Å². The molecular weight excluding hydrogens is 248 g/mol. The minimum absolute atomic E-state index is 0.188. The summed E-state index contributed by atoms with van der Waals surface area (Å²) in [6, 6.07) is 17.7. The maximum Gasteiger partial charge on any atom is 0.316 e. The van der Waals surface area contributed by atoms with Crippen LogP contribution in [-0.4, -0.2) is 5.97 Å². The van der Waals surface area contributed by atoms with Gasteiger partial charge in [0.15, 0.2) is 0 Å². The van der Waals surface area contributed by atoms with Gasteiger partial charge in [0.2, 0.25) is 0 Å². The first-order chi connectivity index (χ1) is 9.53. The molecule has 2 heteroatoms. The lowest BCUT2D eigenvalue weighted by molar-refractivity contribution is -0.144. The Kier molecular flexibility index (Phi) is 4.23. The molecule has 0 fully saturated rings. The Hall–Kier alpha value is -2.09. The Morgan fingerprint density at radius 1 is 0.950 bits per heavy atom. The van der Waals surface area contributed by atoms with E-state index in [0.29, 0.717) is 5.75 Å². The minimum atomic E-state index is -0.446. The summed E-state index contributed by atoms with van der Waals surface area (Å²) in [5.74, 6) is 0.406. The topological polar surface area (TPSA) is 26.3 Å². The highest BCUT2D eigenvalue weighted by Crippen LogP contribution is 2.26. The summed E-state index contributed by atoms with van der Waals surface area (Å²) in [6.07, 6.45) is 0.758. The predicted octanol–water partition coefficient (Wildman–Crippen LogP) is 4.70. The van der Waals surface area contributed by atoms with Crippen LogP contribution < -0.4 is 4.74 Å². The van der Waals surface area contributed by atoms with Crippen LogP contribution >= 0.6 is 0 Å². The summed E-state index contributed by atoms with van der Waals surface area (Å²) in [5, 5.41) is 0. The van der Waals surface area contributed by atoms with Gasteiger partial charge >= 0.3 is 5.97 Å². The molecule has 0 atom stereocenters. The van der Waals surface area contributed by atoms with Crippen molar-refractivity contribution in [3.8, 4) is 16.9 Å². The number of hydrogen-bond acceptors (Lipinski definition) is 2. The van der Waals surface area contributed by atoms with Crippen LogP contribution in [0.25, 0.3) is 11.1 Å². The maximum atomic E-state index is 12.0. The number of ether oxygens (including phenoxy) is 1. The van der Waals surface area contributed by atoms with Gasteiger partial charge < -0.3 is 4.74 Å². The SMILES string of the molecule is CCC(C)(C)C(=O)Oc1ccc(-c2ccccc2)cc1. The van der Waals surface area contributed by atoms with Crippen LogP contribution in [0.4, 0.5) is 0 Å². The van der Waals surface area contributed by atoms with Gasteiger partial charge in [-0.1, -0.05) is 49.4 Å². The van der Waals surface area contributed by atoms with E-state index in [0.717, 1.165) is 17.5 Å². The van der Waals surface area contributed by atoms with Gasteiger partial charge in [-0.25, -0.2) is 0 Å². The Bertz CT molecular complexity index is 568. The summed E-state index contributed by atoms with van der Waals surface area (Å²) in [5.41, 5.74) is 1.82. The van der Waals surface area contributed by atoms with Gasteiger partial charge in [-0.2, -0.15) is 0 Å². The molecule has 0 bridgehead atoms. The summed E-state index contributed by atoms with van der Waals surface area (Å²) in [7, 11) is 0. The minimum Gasteiger partial charge on any atom is -0.426 e. The van der Waals surface area contributed by atoms with Crippen LogP contribution in [0.15, 0.2) is 54.6 Å². The maximum absolute atomic E-state index is 12.0. The van der Waals surface area contributed by atoms with Crippen molar-refractivity contribution in [2.24, 2.45) is 5.41 Å². The van der Waals surface area contributed by atoms with E-state index in [1.54, 1.807) is 0 Å². The highest BCUT2D eigenvalue weighted by atomic mass is 16.5. The van der Waals surface area contributed by atoms with Crippen LogP contribution in [0, 0.1) is 5.41 Å². The Labute approximate surface area is 120 Å². The molecule has 0 saturated heterocycles. The van der Waals surface area contributed by atoms with E-state index in [-0.39, 0.29) is 5.97 Å². The third-order valence-corrected chi connectivity index (χ3v) is 3.61. The fourth-order valence-corrected chi connectivity index (χ4v) is 1.74. The predicted molar refractivity (Wildman–Crippen MR) is 81.6 cm³/mol. The normalized spacial score (nSPS) is 11.2. The number of benzene rings is 2. The molecule has 2 nitrogen and oxygen atoms in total. The van der Waals surface area contributed by atoms with Crippen molar-refractivity contribution in [1.29, 1.82) is 0 Å². The van der Waals surface area contributed by atoms with Gasteiger partial charge in [-0.3, -0.25) is 4.79 Å².